The van der Waals surface area contributed by atoms with Crippen LogP contribution in [0.1, 0.15) is 38.2 Å². The Morgan fingerprint density at radius 3 is 2.88 bits per heavy atom. The second kappa shape index (κ2) is 10.4. The van der Waals surface area contributed by atoms with Crippen LogP contribution in [0.3, 0.4) is 0 Å². The van der Waals surface area contributed by atoms with E-state index >= 15 is 0 Å². The quantitative estimate of drug-likeness (QED) is 0.665. The van der Waals surface area contributed by atoms with Gasteiger partial charge in [-0.1, -0.05) is 37.3 Å². The number of nitrogens with zero attached hydrogens (tertiary/aromatic N) is 1. The van der Waals surface area contributed by atoms with Crippen molar-refractivity contribution in [2.24, 2.45) is 0 Å². The van der Waals surface area contributed by atoms with Crippen LogP contribution in [0.5, 0.6) is 0 Å². The predicted molar refractivity (Wildman–Crippen MR) is 92.6 cm³/mol. The molecule has 0 aromatic heterocycles. The third kappa shape index (κ3) is 6.99. The number of hydrogen-bond acceptors (Lipinski definition) is 5. The zero-order valence-corrected chi connectivity index (χ0v) is 14.5. The molecule has 5 nitrogen and oxygen atoms in total. The Labute approximate surface area is 144 Å². The van der Waals surface area contributed by atoms with Gasteiger partial charge in [-0.25, -0.2) is 0 Å². The summed E-state index contributed by atoms with van der Waals surface area (Å²) in [6, 6.07) is 10.2. The topological polar surface area (TPSA) is 59.0 Å². The SMILES string of the molecule is CCCC(=O)OC[C@H](O)CN(Cc1ccccc1)C[C@@H]1CCCO1. The number of aliphatic hydroxyl groups is 1. The molecule has 1 N–H and O–H groups in total. The first-order chi connectivity index (χ1) is 11.7. The molecule has 1 aromatic rings. The van der Waals surface area contributed by atoms with E-state index in [1.807, 2.05) is 25.1 Å². The second-order valence-corrected chi connectivity index (χ2v) is 6.40. The zero-order valence-electron chi connectivity index (χ0n) is 14.5. The molecule has 1 heterocycles. The number of esters is 1. The fourth-order valence-corrected chi connectivity index (χ4v) is 2.94. The number of hydrogen-bond donors (Lipinski definition) is 1. The van der Waals surface area contributed by atoms with Gasteiger partial charge in [-0.05, 0) is 24.8 Å². The Morgan fingerprint density at radius 2 is 2.21 bits per heavy atom. The maximum atomic E-state index is 11.4. The molecule has 5 heteroatoms. The van der Waals surface area contributed by atoms with Crippen molar-refractivity contribution >= 4 is 5.97 Å². The number of carbonyl (C=O) groups is 1. The molecule has 1 aliphatic heterocycles. The number of rotatable bonds is 10. The molecular weight excluding hydrogens is 306 g/mol. The van der Waals surface area contributed by atoms with Crippen molar-refractivity contribution < 1.29 is 19.4 Å². The molecule has 0 amide bonds. The van der Waals surface area contributed by atoms with Crippen LogP contribution < -0.4 is 0 Å². The largest absolute Gasteiger partial charge is 0.463 e. The molecule has 134 valence electrons. The second-order valence-electron chi connectivity index (χ2n) is 6.40. The van der Waals surface area contributed by atoms with Crippen molar-refractivity contribution in [3.63, 3.8) is 0 Å². The van der Waals surface area contributed by atoms with Crippen LogP contribution in [0.4, 0.5) is 0 Å². The molecule has 1 fully saturated rings. The highest BCUT2D eigenvalue weighted by Crippen LogP contribution is 2.15. The maximum absolute atomic E-state index is 11.4. The maximum Gasteiger partial charge on any atom is 0.305 e. The lowest BCUT2D eigenvalue weighted by molar-refractivity contribution is -0.147. The fraction of sp³-hybridized carbons (Fsp3) is 0.632. The Balaban J connectivity index is 1.85. The van der Waals surface area contributed by atoms with E-state index in [0.717, 1.165) is 39.0 Å². The van der Waals surface area contributed by atoms with Crippen molar-refractivity contribution in [1.29, 1.82) is 0 Å². The Hall–Kier alpha value is -1.43. The summed E-state index contributed by atoms with van der Waals surface area (Å²) >= 11 is 0. The summed E-state index contributed by atoms with van der Waals surface area (Å²) in [6.07, 6.45) is 2.86. The van der Waals surface area contributed by atoms with Crippen LogP contribution >= 0.6 is 0 Å². The Kier molecular flexibility index (Phi) is 8.22. The first kappa shape index (κ1) is 18.9. The number of aliphatic hydroxyl groups excluding tert-OH is 1. The van der Waals surface area contributed by atoms with E-state index in [0.29, 0.717) is 13.0 Å². The third-order valence-corrected chi connectivity index (χ3v) is 4.09. The highest BCUT2D eigenvalue weighted by atomic mass is 16.5. The van der Waals surface area contributed by atoms with Gasteiger partial charge in [0, 0.05) is 32.7 Å². The van der Waals surface area contributed by atoms with E-state index in [1.165, 1.54) is 5.56 Å². The molecule has 0 bridgehead atoms. The smallest absolute Gasteiger partial charge is 0.305 e. The molecule has 0 unspecified atom stereocenters. The molecule has 2 atom stereocenters. The fourth-order valence-electron chi connectivity index (χ4n) is 2.94. The summed E-state index contributed by atoms with van der Waals surface area (Å²) in [5.41, 5.74) is 1.20. The lowest BCUT2D eigenvalue weighted by Crippen LogP contribution is -2.39. The number of ether oxygens (including phenoxy) is 2. The zero-order chi connectivity index (χ0) is 17.2. The first-order valence-electron chi connectivity index (χ1n) is 8.89. The van der Waals surface area contributed by atoms with Crippen molar-refractivity contribution in [2.45, 2.75) is 51.4 Å². The van der Waals surface area contributed by atoms with Crippen LogP contribution in [0.25, 0.3) is 0 Å². The van der Waals surface area contributed by atoms with Gasteiger partial charge in [-0.15, -0.1) is 0 Å². The summed E-state index contributed by atoms with van der Waals surface area (Å²) < 4.78 is 10.8. The number of benzene rings is 1. The lowest BCUT2D eigenvalue weighted by Gasteiger charge is -2.27. The van der Waals surface area contributed by atoms with Gasteiger partial charge in [0.1, 0.15) is 12.7 Å². The first-order valence-corrected chi connectivity index (χ1v) is 8.89. The highest BCUT2D eigenvalue weighted by Gasteiger charge is 2.21. The minimum absolute atomic E-state index is 0.0512. The summed E-state index contributed by atoms with van der Waals surface area (Å²) in [6.45, 7) is 4.81. The van der Waals surface area contributed by atoms with Crippen molar-refractivity contribution in [3.8, 4) is 0 Å². The Morgan fingerprint density at radius 1 is 1.42 bits per heavy atom. The van der Waals surface area contributed by atoms with Gasteiger partial charge in [0.15, 0.2) is 0 Å². The van der Waals surface area contributed by atoms with Crippen molar-refractivity contribution in [2.75, 3.05) is 26.3 Å². The molecule has 1 saturated heterocycles. The summed E-state index contributed by atoms with van der Waals surface area (Å²) in [5.74, 6) is -0.245. The van der Waals surface area contributed by atoms with Gasteiger partial charge in [-0.2, -0.15) is 0 Å². The van der Waals surface area contributed by atoms with E-state index in [2.05, 4.69) is 17.0 Å². The van der Waals surface area contributed by atoms with Crippen LogP contribution in [-0.2, 0) is 20.8 Å². The molecule has 1 aromatic carbocycles. The molecular formula is C19H29NO4. The van der Waals surface area contributed by atoms with Crippen LogP contribution in [-0.4, -0.2) is 54.5 Å². The molecule has 0 radical (unpaired) electrons. The van der Waals surface area contributed by atoms with E-state index < -0.39 is 6.10 Å². The van der Waals surface area contributed by atoms with E-state index in [4.69, 9.17) is 9.47 Å². The molecule has 0 aliphatic carbocycles. The minimum atomic E-state index is -0.684. The van der Waals surface area contributed by atoms with Crippen molar-refractivity contribution in [1.82, 2.24) is 4.90 Å². The molecule has 1 aliphatic rings. The van der Waals surface area contributed by atoms with E-state index in [-0.39, 0.29) is 18.7 Å². The Bertz CT molecular complexity index is 474. The van der Waals surface area contributed by atoms with E-state index in [9.17, 15) is 9.90 Å². The number of carbonyl (C=O) groups excluding carboxylic acids is 1. The summed E-state index contributed by atoms with van der Waals surface area (Å²) in [5, 5.41) is 10.2. The van der Waals surface area contributed by atoms with Gasteiger partial charge in [-0.3, -0.25) is 9.69 Å². The average molecular weight is 335 g/mol. The van der Waals surface area contributed by atoms with E-state index in [1.54, 1.807) is 0 Å². The monoisotopic (exact) mass is 335 g/mol. The predicted octanol–water partition coefficient (Wildman–Crippen LogP) is 2.37. The summed E-state index contributed by atoms with van der Waals surface area (Å²) in [4.78, 5) is 13.6. The molecule has 24 heavy (non-hydrogen) atoms. The normalized spacial score (nSPS) is 18.7. The third-order valence-electron chi connectivity index (χ3n) is 4.09. The summed E-state index contributed by atoms with van der Waals surface area (Å²) in [7, 11) is 0. The van der Waals surface area contributed by atoms with Gasteiger partial charge in [0.05, 0.1) is 6.10 Å². The van der Waals surface area contributed by atoms with Gasteiger partial charge in [0.25, 0.3) is 0 Å². The average Bonchev–Trinajstić information content (AvgIpc) is 3.07. The van der Waals surface area contributed by atoms with Crippen LogP contribution in [0.15, 0.2) is 30.3 Å². The minimum Gasteiger partial charge on any atom is -0.463 e. The lowest BCUT2D eigenvalue weighted by atomic mass is 10.1. The highest BCUT2D eigenvalue weighted by molar-refractivity contribution is 5.69. The van der Waals surface area contributed by atoms with Gasteiger partial charge < -0.3 is 14.6 Å². The van der Waals surface area contributed by atoms with Gasteiger partial charge in [0.2, 0.25) is 0 Å². The van der Waals surface area contributed by atoms with Gasteiger partial charge >= 0.3 is 5.97 Å². The van der Waals surface area contributed by atoms with Crippen LogP contribution in [0.2, 0.25) is 0 Å². The standard InChI is InChI=1S/C19H29NO4/c1-2-7-19(22)24-15-17(21)13-20(14-18-10-6-11-23-18)12-16-8-4-3-5-9-16/h3-5,8-9,17-18,21H,2,6-7,10-15H2,1H3/t17-,18+/m1/s1. The molecule has 2 rings (SSSR count). The van der Waals surface area contributed by atoms with Crippen LogP contribution in [0, 0.1) is 0 Å². The molecule has 0 spiro atoms. The molecule has 0 saturated carbocycles. The van der Waals surface area contributed by atoms with Crippen molar-refractivity contribution in [3.05, 3.63) is 35.9 Å².